The molecule has 5 heteroatoms. The summed E-state index contributed by atoms with van der Waals surface area (Å²) in [7, 11) is 0. The maximum atomic E-state index is 11.8. The van der Waals surface area contributed by atoms with Crippen LogP contribution in [0.2, 0.25) is 0 Å². The van der Waals surface area contributed by atoms with Crippen molar-refractivity contribution in [3.8, 4) is 0 Å². The van der Waals surface area contributed by atoms with Crippen molar-refractivity contribution in [3.05, 3.63) is 24.3 Å². The number of amides is 1. The van der Waals surface area contributed by atoms with Crippen molar-refractivity contribution in [3.63, 3.8) is 0 Å². The Morgan fingerprint density at radius 3 is 2.62 bits per heavy atom. The maximum absolute atomic E-state index is 11.8. The van der Waals surface area contributed by atoms with Gasteiger partial charge in [-0.15, -0.1) is 0 Å². The van der Waals surface area contributed by atoms with Crippen LogP contribution < -0.4 is 16.0 Å². The first-order valence-electron chi connectivity index (χ1n) is 7.43. The Morgan fingerprint density at radius 2 is 2.00 bits per heavy atom. The van der Waals surface area contributed by atoms with Gasteiger partial charge in [0.1, 0.15) is 5.60 Å². The minimum atomic E-state index is -0.463. The fourth-order valence-corrected chi connectivity index (χ4v) is 2.49. The third-order valence-electron chi connectivity index (χ3n) is 3.40. The van der Waals surface area contributed by atoms with E-state index in [2.05, 4.69) is 10.2 Å². The highest BCUT2D eigenvalue weighted by molar-refractivity contribution is 5.68. The molecule has 0 spiro atoms. The number of hydrogen-bond donors (Lipinski definition) is 2. The van der Waals surface area contributed by atoms with Crippen molar-refractivity contribution in [2.75, 3.05) is 23.7 Å². The number of nitrogens with zero attached hydrogens (tertiary/aromatic N) is 1. The summed E-state index contributed by atoms with van der Waals surface area (Å²) in [5.74, 6) is 0. The van der Waals surface area contributed by atoms with E-state index in [4.69, 9.17) is 10.5 Å². The van der Waals surface area contributed by atoms with Gasteiger partial charge in [-0.25, -0.2) is 4.79 Å². The van der Waals surface area contributed by atoms with Crippen LogP contribution in [-0.4, -0.2) is 30.8 Å². The Kier molecular flexibility index (Phi) is 4.60. The highest BCUT2D eigenvalue weighted by atomic mass is 16.6. The zero-order valence-corrected chi connectivity index (χ0v) is 13.1. The van der Waals surface area contributed by atoms with Crippen LogP contribution in [0.5, 0.6) is 0 Å². The van der Waals surface area contributed by atoms with E-state index in [1.807, 2.05) is 45.0 Å². The number of carbonyl (C=O) groups is 1. The molecule has 116 valence electrons. The summed E-state index contributed by atoms with van der Waals surface area (Å²) in [6.45, 7) is 7.40. The lowest BCUT2D eigenvalue weighted by molar-refractivity contribution is 0.0500. The molecule has 2 rings (SSSR count). The molecular weight excluding hydrogens is 266 g/mol. The van der Waals surface area contributed by atoms with Crippen LogP contribution in [0.3, 0.4) is 0 Å². The average Bonchev–Trinajstić information content (AvgIpc) is 2.37. The lowest BCUT2D eigenvalue weighted by Gasteiger charge is -2.35. The number of hydrogen-bond acceptors (Lipinski definition) is 4. The van der Waals surface area contributed by atoms with E-state index in [0.717, 1.165) is 37.3 Å². The van der Waals surface area contributed by atoms with Gasteiger partial charge in [-0.05, 0) is 57.9 Å². The number of rotatable bonds is 2. The van der Waals surface area contributed by atoms with Gasteiger partial charge in [-0.1, -0.05) is 0 Å². The largest absolute Gasteiger partial charge is 0.444 e. The first-order chi connectivity index (χ1) is 9.83. The maximum Gasteiger partial charge on any atom is 0.407 e. The zero-order valence-electron chi connectivity index (χ0n) is 13.1. The van der Waals surface area contributed by atoms with E-state index in [-0.39, 0.29) is 12.1 Å². The van der Waals surface area contributed by atoms with Gasteiger partial charge >= 0.3 is 6.09 Å². The van der Waals surface area contributed by atoms with Crippen molar-refractivity contribution in [2.24, 2.45) is 0 Å². The van der Waals surface area contributed by atoms with Crippen molar-refractivity contribution < 1.29 is 9.53 Å². The quantitative estimate of drug-likeness (QED) is 0.822. The molecule has 21 heavy (non-hydrogen) atoms. The number of carbonyl (C=O) groups excluding carboxylic acids is 1. The van der Waals surface area contributed by atoms with E-state index >= 15 is 0 Å². The number of benzene rings is 1. The van der Waals surface area contributed by atoms with Crippen molar-refractivity contribution in [1.82, 2.24) is 5.32 Å². The fraction of sp³-hybridized carbons (Fsp3) is 0.562. The molecule has 1 saturated heterocycles. The molecule has 1 aliphatic heterocycles. The van der Waals surface area contributed by atoms with Gasteiger partial charge in [0.15, 0.2) is 0 Å². The summed E-state index contributed by atoms with van der Waals surface area (Å²) in [5.41, 5.74) is 7.16. The Morgan fingerprint density at radius 1 is 1.33 bits per heavy atom. The third-order valence-corrected chi connectivity index (χ3v) is 3.40. The number of nitrogens with two attached hydrogens (primary N) is 1. The molecule has 0 radical (unpaired) electrons. The number of nitrogens with one attached hydrogen (secondary N) is 1. The Hall–Kier alpha value is -1.91. The first-order valence-corrected chi connectivity index (χ1v) is 7.43. The predicted molar refractivity (Wildman–Crippen MR) is 85.5 cm³/mol. The van der Waals surface area contributed by atoms with E-state index < -0.39 is 5.60 Å². The molecule has 1 aromatic carbocycles. The number of nitrogen functional groups attached to an aromatic ring is 1. The second kappa shape index (κ2) is 6.24. The number of ether oxygens (including phenoxy) is 1. The molecule has 1 aliphatic rings. The fourth-order valence-electron chi connectivity index (χ4n) is 2.49. The van der Waals surface area contributed by atoms with Crippen LogP contribution in [0.1, 0.15) is 33.6 Å². The minimum absolute atomic E-state index is 0.117. The molecule has 1 amide bonds. The highest BCUT2D eigenvalue weighted by Gasteiger charge is 2.24. The summed E-state index contributed by atoms with van der Waals surface area (Å²) in [5, 5.41) is 2.96. The van der Waals surface area contributed by atoms with Gasteiger partial charge in [0.2, 0.25) is 0 Å². The SMILES string of the molecule is CC(C)(C)OC(=O)NC1CCCN(c2ccc(N)cc2)C1. The van der Waals surface area contributed by atoms with E-state index in [9.17, 15) is 4.79 Å². The highest BCUT2D eigenvalue weighted by Crippen LogP contribution is 2.21. The summed E-state index contributed by atoms with van der Waals surface area (Å²) in [4.78, 5) is 14.1. The van der Waals surface area contributed by atoms with E-state index in [0.29, 0.717) is 0 Å². The topological polar surface area (TPSA) is 67.6 Å². The number of alkyl carbamates (subject to hydrolysis) is 1. The average molecular weight is 291 g/mol. The predicted octanol–water partition coefficient (Wildman–Crippen LogP) is 2.76. The third kappa shape index (κ3) is 4.85. The van der Waals surface area contributed by atoms with Crippen LogP contribution in [0.4, 0.5) is 16.2 Å². The Balaban J connectivity index is 1.91. The first kappa shape index (κ1) is 15.5. The zero-order chi connectivity index (χ0) is 15.5. The molecule has 0 bridgehead atoms. The molecule has 3 N–H and O–H groups in total. The summed E-state index contributed by atoms with van der Waals surface area (Å²) in [6, 6.07) is 7.96. The lowest BCUT2D eigenvalue weighted by Crippen LogP contribution is -2.49. The van der Waals surface area contributed by atoms with Crippen LogP contribution in [0, 0.1) is 0 Å². The lowest BCUT2D eigenvalue weighted by atomic mass is 10.0. The smallest absolute Gasteiger partial charge is 0.407 e. The van der Waals surface area contributed by atoms with Gasteiger partial charge in [0.25, 0.3) is 0 Å². The normalized spacial score (nSPS) is 19.2. The van der Waals surface area contributed by atoms with Gasteiger partial charge in [0.05, 0.1) is 0 Å². The minimum Gasteiger partial charge on any atom is -0.444 e. The molecule has 0 saturated carbocycles. The Labute approximate surface area is 126 Å². The Bertz CT molecular complexity index is 479. The molecule has 1 aromatic rings. The molecule has 5 nitrogen and oxygen atoms in total. The second-order valence-electron chi connectivity index (χ2n) is 6.52. The standard InChI is InChI=1S/C16H25N3O2/c1-16(2,3)21-15(20)18-13-5-4-10-19(11-13)14-8-6-12(17)7-9-14/h6-9,13H,4-5,10-11,17H2,1-3H3,(H,18,20). The van der Waals surface area contributed by atoms with Gasteiger partial charge in [0, 0.05) is 30.5 Å². The van der Waals surface area contributed by atoms with Crippen molar-refractivity contribution in [2.45, 2.75) is 45.3 Å². The molecule has 1 fully saturated rings. The number of piperidine rings is 1. The van der Waals surface area contributed by atoms with E-state index in [1.54, 1.807) is 0 Å². The molecule has 1 unspecified atom stereocenters. The monoisotopic (exact) mass is 291 g/mol. The van der Waals surface area contributed by atoms with Crippen LogP contribution in [0.25, 0.3) is 0 Å². The van der Waals surface area contributed by atoms with Crippen LogP contribution in [-0.2, 0) is 4.74 Å². The number of anilines is 2. The summed E-state index contributed by atoms with van der Waals surface area (Å²) < 4.78 is 5.31. The summed E-state index contributed by atoms with van der Waals surface area (Å²) in [6.07, 6.45) is 1.68. The van der Waals surface area contributed by atoms with E-state index in [1.165, 1.54) is 0 Å². The van der Waals surface area contributed by atoms with Crippen LogP contribution in [0.15, 0.2) is 24.3 Å². The molecule has 1 atom stereocenters. The molecule has 0 aromatic heterocycles. The molecular formula is C16H25N3O2. The molecule has 0 aliphatic carbocycles. The van der Waals surface area contributed by atoms with Crippen molar-refractivity contribution >= 4 is 17.5 Å². The summed E-state index contributed by atoms with van der Waals surface area (Å²) >= 11 is 0. The molecule has 1 heterocycles. The second-order valence-corrected chi connectivity index (χ2v) is 6.52. The van der Waals surface area contributed by atoms with Gasteiger partial charge in [-0.3, -0.25) is 0 Å². The van der Waals surface area contributed by atoms with Crippen LogP contribution >= 0.6 is 0 Å². The van der Waals surface area contributed by atoms with Gasteiger partial charge in [-0.2, -0.15) is 0 Å². The van der Waals surface area contributed by atoms with Crippen molar-refractivity contribution in [1.29, 1.82) is 0 Å². The van der Waals surface area contributed by atoms with Gasteiger partial charge < -0.3 is 20.7 Å².